The molecule has 1 amide bonds. The first-order valence-corrected chi connectivity index (χ1v) is 6.21. The molecule has 2 rings (SSSR count). The molecule has 0 saturated heterocycles. The van der Waals surface area contributed by atoms with Gasteiger partial charge in [-0.15, -0.1) is 0 Å². The second-order valence-corrected chi connectivity index (χ2v) is 4.26. The van der Waals surface area contributed by atoms with E-state index >= 15 is 0 Å². The van der Waals surface area contributed by atoms with Gasteiger partial charge in [0.1, 0.15) is 0 Å². The monoisotopic (exact) mass is 277 g/mol. The van der Waals surface area contributed by atoms with Crippen LogP contribution in [0.4, 0.5) is 10.2 Å². The normalized spacial score (nSPS) is 10.3. The average Bonchev–Trinajstić information content (AvgIpc) is 2.84. The summed E-state index contributed by atoms with van der Waals surface area (Å²) in [7, 11) is 3.38. The molecule has 2 heterocycles. The van der Waals surface area contributed by atoms with E-state index in [0.29, 0.717) is 13.0 Å². The smallest absolute Gasteiger partial charge is 0.254 e. The van der Waals surface area contributed by atoms with Crippen molar-refractivity contribution in [2.75, 3.05) is 18.9 Å². The Morgan fingerprint density at radius 3 is 2.90 bits per heavy atom. The molecule has 6 nitrogen and oxygen atoms in total. The molecule has 0 unspecified atom stereocenters. The van der Waals surface area contributed by atoms with Crippen molar-refractivity contribution < 1.29 is 9.18 Å². The van der Waals surface area contributed by atoms with Gasteiger partial charge in [-0.25, -0.2) is 9.37 Å². The van der Waals surface area contributed by atoms with Gasteiger partial charge in [0.2, 0.25) is 0 Å². The van der Waals surface area contributed by atoms with Crippen LogP contribution < -0.4 is 10.6 Å². The summed E-state index contributed by atoms with van der Waals surface area (Å²) < 4.78 is 15.6. The largest absolute Gasteiger partial charge is 0.371 e. The summed E-state index contributed by atoms with van der Waals surface area (Å²) in [5.74, 6) is -1.05. The minimum atomic E-state index is -0.648. The van der Waals surface area contributed by atoms with E-state index < -0.39 is 11.7 Å². The number of rotatable bonds is 5. The zero-order valence-corrected chi connectivity index (χ0v) is 11.4. The van der Waals surface area contributed by atoms with Crippen LogP contribution in [0, 0.1) is 5.82 Å². The van der Waals surface area contributed by atoms with Crippen LogP contribution in [0.15, 0.2) is 24.5 Å². The molecule has 0 aliphatic heterocycles. The van der Waals surface area contributed by atoms with Crippen molar-refractivity contribution in [1.82, 2.24) is 20.1 Å². The molecule has 7 heteroatoms. The fourth-order valence-corrected chi connectivity index (χ4v) is 1.79. The van der Waals surface area contributed by atoms with Gasteiger partial charge in [0.15, 0.2) is 11.6 Å². The van der Waals surface area contributed by atoms with Gasteiger partial charge in [-0.2, -0.15) is 5.10 Å². The number of nitrogens with zero attached hydrogens (tertiary/aromatic N) is 3. The van der Waals surface area contributed by atoms with Crippen LogP contribution in [-0.2, 0) is 13.5 Å². The van der Waals surface area contributed by atoms with Crippen molar-refractivity contribution in [2.45, 2.75) is 6.42 Å². The lowest BCUT2D eigenvalue weighted by Gasteiger charge is -2.07. The quantitative estimate of drug-likeness (QED) is 0.854. The van der Waals surface area contributed by atoms with Crippen LogP contribution in [0.3, 0.4) is 0 Å². The molecular weight excluding hydrogens is 261 g/mol. The van der Waals surface area contributed by atoms with Crippen LogP contribution >= 0.6 is 0 Å². The van der Waals surface area contributed by atoms with Crippen LogP contribution in [0.1, 0.15) is 16.1 Å². The Bertz CT molecular complexity index is 611. The third-order valence-electron chi connectivity index (χ3n) is 2.81. The lowest BCUT2D eigenvalue weighted by molar-refractivity contribution is 0.0950. The summed E-state index contributed by atoms with van der Waals surface area (Å²) in [6, 6.07) is 3.23. The highest BCUT2D eigenvalue weighted by Gasteiger charge is 2.14. The number of carbonyl (C=O) groups is 1. The molecule has 106 valence electrons. The number of halogens is 1. The van der Waals surface area contributed by atoms with E-state index in [1.54, 1.807) is 11.7 Å². The Labute approximate surface area is 116 Å². The van der Waals surface area contributed by atoms with Crippen LogP contribution in [0.5, 0.6) is 0 Å². The molecule has 0 aromatic carbocycles. The average molecular weight is 277 g/mol. The van der Waals surface area contributed by atoms with Crippen molar-refractivity contribution in [3.63, 3.8) is 0 Å². The van der Waals surface area contributed by atoms with E-state index in [1.807, 2.05) is 19.3 Å². The Morgan fingerprint density at radius 1 is 1.45 bits per heavy atom. The van der Waals surface area contributed by atoms with Crippen molar-refractivity contribution in [3.05, 3.63) is 41.6 Å². The maximum Gasteiger partial charge on any atom is 0.254 e. The number of aryl methyl sites for hydroxylation is 1. The van der Waals surface area contributed by atoms with E-state index in [1.165, 1.54) is 12.3 Å². The van der Waals surface area contributed by atoms with Gasteiger partial charge in [-0.05, 0) is 12.1 Å². The Morgan fingerprint density at radius 2 is 2.25 bits per heavy atom. The van der Waals surface area contributed by atoms with Gasteiger partial charge < -0.3 is 10.6 Å². The topological polar surface area (TPSA) is 71.8 Å². The highest BCUT2D eigenvalue weighted by Crippen LogP contribution is 2.14. The molecule has 0 radical (unpaired) electrons. The Balaban J connectivity index is 1.95. The summed E-state index contributed by atoms with van der Waals surface area (Å²) in [5.41, 5.74) is 0.851. The van der Waals surface area contributed by atoms with E-state index in [2.05, 4.69) is 20.7 Å². The Hall–Kier alpha value is -2.44. The number of amides is 1. The van der Waals surface area contributed by atoms with Gasteiger partial charge in [0.25, 0.3) is 5.91 Å². The van der Waals surface area contributed by atoms with E-state index in [9.17, 15) is 9.18 Å². The summed E-state index contributed by atoms with van der Waals surface area (Å²) in [6.45, 7) is 0.395. The van der Waals surface area contributed by atoms with Crippen molar-refractivity contribution in [2.24, 2.45) is 7.05 Å². The first-order valence-electron chi connectivity index (χ1n) is 6.21. The minimum Gasteiger partial charge on any atom is -0.371 e. The summed E-state index contributed by atoms with van der Waals surface area (Å²) in [5, 5.41) is 9.46. The predicted octanol–water partition coefficient (Wildman–Crippen LogP) is 0.968. The van der Waals surface area contributed by atoms with Gasteiger partial charge in [-0.3, -0.25) is 9.48 Å². The maximum absolute atomic E-state index is 13.9. The van der Waals surface area contributed by atoms with E-state index in [-0.39, 0.29) is 11.4 Å². The first kappa shape index (κ1) is 14.0. The lowest BCUT2D eigenvalue weighted by atomic mass is 10.2. The lowest BCUT2D eigenvalue weighted by Crippen LogP contribution is -2.27. The number of anilines is 1. The van der Waals surface area contributed by atoms with Crippen molar-refractivity contribution >= 4 is 11.7 Å². The van der Waals surface area contributed by atoms with Gasteiger partial charge in [-0.1, -0.05) is 0 Å². The molecule has 0 aliphatic carbocycles. The van der Waals surface area contributed by atoms with Crippen molar-refractivity contribution in [3.8, 4) is 0 Å². The third kappa shape index (κ3) is 3.11. The van der Waals surface area contributed by atoms with Crippen molar-refractivity contribution in [1.29, 1.82) is 0 Å². The molecule has 0 fully saturated rings. The van der Waals surface area contributed by atoms with Crippen LogP contribution in [0.2, 0.25) is 0 Å². The van der Waals surface area contributed by atoms with Crippen LogP contribution in [-0.4, -0.2) is 34.3 Å². The number of aromatic nitrogens is 3. The number of hydrogen-bond acceptors (Lipinski definition) is 4. The number of hydrogen-bond donors (Lipinski definition) is 2. The van der Waals surface area contributed by atoms with Gasteiger partial charge >= 0.3 is 0 Å². The molecule has 2 aromatic rings. The SMILES string of the molecule is CNc1nccc(C(=O)NCCc2ccn(C)n2)c1F. The van der Waals surface area contributed by atoms with Crippen LogP contribution in [0.25, 0.3) is 0 Å². The molecule has 0 bridgehead atoms. The van der Waals surface area contributed by atoms with Gasteiger partial charge in [0.05, 0.1) is 11.3 Å². The highest BCUT2D eigenvalue weighted by atomic mass is 19.1. The summed E-state index contributed by atoms with van der Waals surface area (Å²) in [6.07, 6.45) is 3.82. The standard InChI is InChI=1S/C13H16FN5O/c1-15-12-11(14)10(4-7-16-12)13(20)17-6-3-9-5-8-19(2)18-9/h4-5,7-8H,3,6H2,1-2H3,(H,15,16)(H,17,20). The van der Waals surface area contributed by atoms with Gasteiger partial charge in [0, 0.05) is 39.5 Å². The molecule has 2 N–H and O–H groups in total. The minimum absolute atomic E-state index is 0.0228. The second kappa shape index (κ2) is 6.14. The summed E-state index contributed by atoms with van der Waals surface area (Å²) >= 11 is 0. The Kier molecular flexibility index (Phi) is 4.29. The maximum atomic E-state index is 13.9. The highest BCUT2D eigenvalue weighted by molar-refractivity contribution is 5.95. The number of carbonyl (C=O) groups excluding carboxylic acids is 1. The van der Waals surface area contributed by atoms with E-state index in [4.69, 9.17) is 0 Å². The first-order chi connectivity index (χ1) is 9.61. The molecule has 20 heavy (non-hydrogen) atoms. The zero-order valence-electron chi connectivity index (χ0n) is 11.4. The fourth-order valence-electron chi connectivity index (χ4n) is 1.79. The fraction of sp³-hybridized carbons (Fsp3) is 0.308. The zero-order chi connectivity index (χ0) is 14.5. The number of pyridine rings is 1. The summed E-state index contributed by atoms with van der Waals surface area (Å²) in [4.78, 5) is 15.7. The third-order valence-corrected chi connectivity index (χ3v) is 2.81. The molecule has 0 saturated carbocycles. The molecule has 2 aromatic heterocycles. The molecule has 0 aliphatic rings. The molecule has 0 spiro atoms. The number of nitrogens with one attached hydrogen (secondary N) is 2. The molecule has 0 atom stereocenters. The molecular formula is C13H16FN5O. The van der Waals surface area contributed by atoms with E-state index in [0.717, 1.165) is 5.69 Å². The predicted molar refractivity (Wildman–Crippen MR) is 73.0 cm³/mol. The second-order valence-electron chi connectivity index (χ2n) is 4.26.